The zero-order chi connectivity index (χ0) is 64.7. The highest BCUT2D eigenvalue weighted by atomic mass is 16.5. The van der Waals surface area contributed by atoms with Crippen LogP contribution in [0.25, 0.3) is 0 Å². The normalized spacial score (nSPS) is 23.6. The number of ether oxygens (including phenoxy) is 1. The Kier molecular flexibility index (Phi) is 29.5. The predicted molar refractivity (Wildman–Crippen MR) is 313 cm³/mol. The second-order valence-corrected chi connectivity index (χ2v) is 22.8. The van der Waals surface area contributed by atoms with Gasteiger partial charge in [0.05, 0.1) is 19.3 Å². The molecule has 1 spiro atoms. The Bertz CT molecular complexity index is 2530. The first kappa shape index (κ1) is 73.0. The van der Waals surface area contributed by atoms with E-state index in [0.717, 1.165) is 5.56 Å². The maximum absolute atomic E-state index is 14.4. The second kappa shape index (κ2) is 34.7. The van der Waals surface area contributed by atoms with Crippen molar-refractivity contribution in [2.24, 2.45) is 35.3 Å². The molecule has 1 aliphatic carbocycles. The molecule has 86 heavy (non-hydrogen) atoms. The van der Waals surface area contributed by atoms with E-state index in [9.17, 15) is 72.9 Å². The Morgan fingerprint density at radius 2 is 1.12 bits per heavy atom. The monoisotopic (exact) mass is 1210 g/mol. The van der Waals surface area contributed by atoms with Gasteiger partial charge in [0.15, 0.2) is 0 Å². The third-order valence-corrected chi connectivity index (χ3v) is 16.5. The molecule has 2 fully saturated rings. The molecule has 0 bridgehead atoms. The minimum Gasteiger partial charge on any atom is -0.458 e. The number of cyclic esters (lactones) is 1. The molecule has 1 heterocycles. The first-order chi connectivity index (χ1) is 40.6. The maximum Gasteiger partial charge on any atom is 0.329 e. The lowest BCUT2D eigenvalue weighted by Crippen LogP contribution is -2.63. The van der Waals surface area contributed by atoms with Gasteiger partial charge in [0.2, 0.25) is 65.0 Å². The van der Waals surface area contributed by atoms with Crippen LogP contribution in [-0.2, 0) is 68.7 Å². The third kappa shape index (κ3) is 20.4. The minimum atomic E-state index is -1.82. The van der Waals surface area contributed by atoms with Gasteiger partial charge in [0, 0.05) is 13.0 Å². The highest BCUT2D eigenvalue weighted by Crippen LogP contribution is 2.46. The number of esters is 1. The van der Waals surface area contributed by atoms with Crippen molar-refractivity contribution in [3.63, 3.8) is 0 Å². The van der Waals surface area contributed by atoms with Crippen LogP contribution in [0.3, 0.4) is 0 Å². The van der Waals surface area contributed by atoms with Gasteiger partial charge in [-0.05, 0) is 81.7 Å². The molecule has 28 nitrogen and oxygen atoms in total. The number of hydrogen-bond donors (Lipinski definition) is 15. The van der Waals surface area contributed by atoms with E-state index in [4.69, 9.17) is 10.5 Å². The molecule has 3 rings (SSSR count). The van der Waals surface area contributed by atoms with E-state index >= 15 is 0 Å². The summed E-state index contributed by atoms with van der Waals surface area (Å²) in [5.74, 6) is -13.6. The highest BCUT2D eigenvalue weighted by molar-refractivity contribution is 6.01. The number of amides is 11. The number of likely N-dealkylation sites (N-methyl/N-ethyl adjacent to an activating group) is 1. The number of nitrogens with two attached hydrogens (primary N) is 1. The summed E-state index contributed by atoms with van der Waals surface area (Å²) in [6.45, 7) is 13.8. The molecule has 482 valence electrons. The van der Waals surface area contributed by atoms with Crippen LogP contribution in [0.2, 0.25) is 0 Å². The van der Waals surface area contributed by atoms with Gasteiger partial charge in [0.25, 0.3) is 0 Å². The molecule has 1 saturated heterocycles. The van der Waals surface area contributed by atoms with E-state index < -0.39 is 199 Å². The number of primary amides is 1. The van der Waals surface area contributed by atoms with E-state index in [1.165, 1.54) is 13.8 Å². The van der Waals surface area contributed by atoms with Crippen LogP contribution in [0.4, 0.5) is 0 Å². The molecule has 1 aromatic carbocycles. The predicted octanol–water partition coefficient (Wildman–Crippen LogP) is -3.16. The van der Waals surface area contributed by atoms with E-state index in [-0.39, 0.29) is 32.3 Å². The number of hydrogen-bond acceptors (Lipinski definition) is 17. The largest absolute Gasteiger partial charge is 0.458 e. The van der Waals surface area contributed by atoms with Crippen LogP contribution in [-0.4, -0.2) is 185 Å². The van der Waals surface area contributed by atoms with Crippen LogP contribution in [0.1, 0.15) is 126 Å². The zero-order valence-corrected chi connectivity index (χ0v) is 51.3. The fourth-order valence-corrected chi connectivity index (χ4v) is 9.70. The van der Waals surface area contributed by atoms with Crippen molar-refractivity contribution in [2.45, 2.75) is 199 Å². The summed E-state index contributed by atoms with van der Waals surface area (Å²) in [5, 5.41) is 59.0. The van der Waals surface area contributed by atoms with Gasteiger partial charge in [-0.1, -0.05) is 111 Å². The summed E-state index contributed by atoms with van der Waals surface area (Å²) in [7, 11) is 1.60. The highest BCUT2D eigenvalue weighted by Gasteiger charge is 2.61. The van der Waals surface area contributed by atoms with Crippen molar-refractivity contribution in [1.29, 1.82) is 0 Å². The number of benzene rings is 1. The maximum atomic E-state index is 14.4. The van der Waals surface area contributed by atoms with Crippen molar-refractivity contribution in [3.05, 3.63) is 35.9 Å². The molecule has 2 aliphatic rings. The van der Waals surface area contributed by atoms with Crippen LogP contribution in [0.15, 0.2) is 30.3 Å². The van der Waals surface area contributed by atoms with Crippen molar-refractivity contribution in [2.75, 3.05) is 26.9 Å². The van der Waals surface area contributed by atoms with E-state index in [1.54, 1.807) is 62.4 Å². The van der Waals surface area contributed by atoms with Crippen molar-refractivity contribution in [1.82, 2.24) is 58.5 Å². The van der Waals surface area contributed by atoms with Crippen molar-refractivity contribution < 1.29 is 77.6 Å². The summed E-state index contributed by atoms with van der Waals surface area (Å²) in [6.07, 6.45) is -0.419. The summed E-state index contributed by atoms with van der Waals surface area (Å²) in [4.78, 5) is 165. The molecule has 1 aromatic rings. The van der Waals surface area contributed by atoms with E-state index in [0.29, 0.717) is 19.3 Å². The van der Waals surface area contributed by atoms with Crippen LogP contribution in [0, 0.1) is 29.6 Å². The van der Waals surface area contributed by atoms with Gasteiger partial charge < -0.3 is 84.3 Å². The smallest absolute Gasteiger partial charge is 0.329 e. The molecule has 28 heteroatoms. The molecule has 11 amide bonds. The van der Waals surface area contributed by atoms with Crippen LogP contribution in [0.5, 0.6) is 0 Å². The Morgan fingerprint density at radius 3 is 1.59 bits per heavy atom. The number of carbonyl (C=O) groups is 12. The van der Waals surface area contributed by atoms with Gasteiger partial charge in [-0.2, -0.15) is 0 Å². The second-order valence-electron chi connectivity index (χ2n) is 22.8. The fourth-order valence-electron chi connectivity index (χ4n) is 9.70. The summed E-state index contributed by atoms with van der Waals surface area (Å²) >= 11 is 0. The quantitative estimate of drug-likeness (QED) is 0.0317. The molecule has 0 aromatic heterocycles. The molecule has 0 radical (unpaired) electrons. The summed E-state index contributed by atoms with van der Waals surface area (Å²) < 4.78 is 5.71. The third-order valence-electron chi connectivity index (χ3n) is 16.5. The SMILES string of the molecule is CC[C@H](C)[C@H](NC(=O)[C@@H](Cc1ccccc1)NC)C(=O)N[C@@H](CO)C(=O)N[C@H](CCC(N)=O)C(=O)N[C@@H](C(=O)N[C@H](C(=O)N[C@@H](CO)C(=O)N[C@H]1C(=O)N[C@@H](C)C(=O)N[C@@]2(C[C@H]2CCO)C(=O)N[C@@H]([C@@H](C)CC)C(=O)O[C@H]1C)[C@@H](C)CC)[C@@H](C)CC. The van der Waals surface area contributed by atoms with E-state index in [1.807, 2.05) is 30.3 Å². The number of carbonyl (C=O) groups excluding carboxylic acids is 12. The van der Waals surface area contributed by atoms with Gasteiger partial charge in [-0.25, -0.2) is 4.79 Å². The molecular formula is C58H94N12O16. The number of nitrogens with one attached hydrogen (secondary N) is 11. The average Bonchev–Trinajstić information content (AvgIpc) is 1.64. The molecule has 1 aliphatic heterocycles. The summed E-state index contributed by atoms with van der Waals surface area (Å²) in [6, 6.07) is -5.10. The lowest BCUT2D eigenvalue weighted by molar-refractivity contribution is -0.157. The molecule has 1 saturated carbocycles. The molecule has 16 N–H and O–H groups in total. The van der Waals surface area contributed by atoms with Gasteiger partial charge in [0.1, 0.15) is 66.0 Å². The first-order valence-electron chi connectivity index (χ1n) is 29.7. The van der Waals surface area contributed by atoms with Crippen molar-refractivity contribution in [3.8, 4) is 0 Å². The van der Waals surface area contributed by atoms with Crippen LogP contribution >= 0.6 is 0 Å². The molecule has 0 unspecified atom stereocenters. The lowest BCUT2D eigenvalue weighted by atomic mass is 9.94. The number of aliphatic hydroxyl groups excluding tert-OH is 3. The van der Waals surface area contributed by atoms with Crippen molar-refractivity contribution >= 4 is 70.9 Å². The minimum absolute atomic E-state index is 0.146. The Hall–Kier alpha value is -7.30. The standard InChI is InChI=1S/C58H94N12O16/c1-12-29(5)42(66-49(77)38(60-11)25-35-19-17-16-18-20-35)52(80)63-39(27-72)50(78)62-37(21-22-41(59)74)48(76)65-44(31(7)14-3)54(82)67-43(30(6)13-2)53(81)64-40(28-73)51(79)68-46-34(10)86-56(84)45(32(8)15-4)69-57(85)58(26-36(58)23-24-71)70-47(75)33(9)61-55(46)83/h16-20,29-34,36-40,42-46,60,71-73H,12-15,21-28H2,1-11H3,(H2,59,74)(H,61,83)(H,62,78)(H,63,80)(H,64,81)(H,65,76)(H,66,77)(H,67,82)(H,68,79)(H,69,85)(H,70,75)/t29-,30-,31-,32-,33-,34-,36+,37+,38+,39-,40-,42-,43-,44+,45-,46+,58+/m0/s1. The van der Waals surface area contributed by atoms with E-state index in [2.05, 4.69) is 58.5 Å². The number of aliphatic hydroxyl groups is 3. The zero-order valence-electron chi connectivity index (χ0n) is 51.3. The number of rotatable bonds is 32. The molecular weight excluding hydrogens is 1120 g/mol. The Balaban J connectivity index is 1.85. The van der Waals surface area contributed by atoms with Gasteiger partial charge in [-0.3, -0.25) is 52.7 Å². The Labute approximate surface area is 502 Å². The fraction of sp³-hybridized carbons (Fsp3) is 0.690. The van der Waals surface area contributed by atoms with Gasteiger partial charge in [-0.15, -0.1) is 0 Å². The lowest BCUT2D eigenvalue weighted by Gasteiger charge is -2.31. The average molecular weight is 1220 g/mol. The Morgan fingerprint density at radius 1 is 0.640 bits per heavy atom. The topological polar surface area (TPSA) is 433 Å². The van der Waals surface area contributed by atoms with Crippen LogP contribution < -0.4 is 64.2 Å². The molecule has 17 atom stereocenters. The summed E-state index contributed by atoms with van der Waals surface area (Å²) in [5.41, 5.74) is 4.81. The van der Waals surface area contributed by atoms with Gasteiger partial charge >= 0.3 is 5.97 Å². The first-order valence-corrected chi connectivity index (χ1v) is 29.7.